The van der Waals surface area contributed by atoms with Crippen LogP contribution in [0.15, 0.2) is 18.2 Å². The Hall–Kier alpha value is -1.77. The fourth-order valence-corrected chi connectivity index (χ4v) is 8.55. The number of aliphatic hydroxyl groups is 1. The van der Waals surface area contributed by atoms with E-state index in [1.807, 2.05) is 32.9 Å². The van der Waals surface area contributed by atoms with Gasteiger partial charge >= 0.3 is 5.97 Å². The highest BCUT2D eigenvalue weighted by molar-refractivity contribution is 8.02. The summed E-state index contributed by atoms with van der Waals surface area (Å²) in [5, 5.41) is 13.6. The van der Waals surface area contributed by atoms with Crippen molar-refractivity contribution in [2.24, 2.45) is 17.8 Å². The monoisotopic (exact) mass is 508 g/mol. The number of aryl methyl sites for hydroxylation is 1. The number of hydrogen-bond donors (Lipinski definition) is 2. The maximum atomic E-state index is 14.0. The second-order valence-corrected chi connectivity index (χ2v) is 11.9. The first-order chi connectivity index (χ1) is 16.2. The molecule has 0 saturated carbocycles. The third-order valence-electron chi connectivity index (χ3n) is 7.36. The zero-order valence-corrected chi connectivity index (χ0v) is 21.6. The zero-order chi connectivity index (χ0) is 24.8. The quantitative estimate of drug-likeness (QED) is 0.520. The molecule has 7 nitrogen and oxygen atoms in total. The summed E-state index contributed by atoms with van der Waals surface area (Å²) in [5.74, 6) is -1.93. The number of aliphatic hydroxyl groups excluding tert-OH is 1. The number of likely N-dealkylation sites (tertiary alicyclic amines) is 1. The average molecular weight is 509 g/mol. The van der Waals surface area contributed by atoms with E-state index in [2.05, 4.69) is 5.32 Å². The Labute approximate surface area is 209 Å². The molecule has 2 amide bonds. The number of nitrogens with zero attached hydrogens (tertiary/aromatic N) is 1. The van der Waals surface area contributed by atoms with Crippen LogP contribution >= 0.6 is 23.4 Å². The van der Waals surface area contributed by atoms with E-state index in [9.17, 15) is 19.5 Å². The average Bonchev–Trinajstić information content (AvgIpc) is 3.42. The van der Waals surface area contributed by atoms with Gasteiger partial charge in [-0.1, -0.05) is 37.6 Å². The number of carbonyl (C=O) groups is 3. The van der Waals surface area contributed by atoms with Crippen LogP contribution in [0.1, 0.15) is 45.6 Å². The van der Waals surface area contributed by atoms with E-state index in [0.29, 0.717) is 23.6 Å². The second-order valence-electron chi connectivity index (χ2n) is 9.94. The maximum absolute atomic E-state index is 14.0. The number of ether oxygens (including phenoxy) is 1. The first kappa shape index (κ1) is 25.3. The highest BCUT2D eigenvalue weighted by Crippen LogP contribution is 2.67. The molecule has 6 atom stereocenters. The number of halogens is 1. The van der Waals surface area contributed by atoms with Crippen LogP contribution < -0.4 is 5.32 Å². The third-order valence-corrected chi connectivity index (χ3v) is 9.63. The van der Waals surface area contributed by atoms with E-state index in [4.69, 9.17) is 16.3 Å². The summed E-state index contributed by atoms with van der Waals surface area (Å²) >= 11 is 7.97. The Kier molecular flexibility index (Phi) is 7.23. The van der Waals surface area contributed by atoms with Crippen LogP contribution in [0.5, 0.6) is 0 Å². The SMILES string of the molecule is CCOC(=O)[C@@H]1[C@H]2C(=O)N([C@@H](CO)CC(C)C)C(C(=O)Nc3c(C)cccc3Cl)C23CC[C@H]1S3. The summed E-state index contributed by atoms with van der Waals surface area (Å²) < 4.78 is 4.62. The number of esters is 1. The van der Waals surface area contributed by atoms with E-state index in [1.54, 1.807) is 29.7 Å². The normalized spacial score (nSPS) is 30.6. The first-order valence-electron chi connectivity index (χ1n) is 12.0. The molecule has 3 aliphatic heterocycles. The van der Waals surface area contributed by atoms with Crippen LogP contribution in [-0.2, 0) is 19.1 Å². The molecule has 4 rings (SSSR count). The van der Waals surface area contributed by atoms with E-state index in [1.165, 1.54) is 0 Å². The number of nitrogens with one attached hydrogen (secondary N) is 1. The van der Waals surface area contributed by atoms with Gasteiger partial charge in [0, 0.05) is 5.25 Å². The van der Waals surface area contributed by atoms with Gasteiger partial charge in [-0.05, 0) is 50.7 Å². The van der Waals surface area contributed by atoms with Gasteiger partial charge < -0.3 is 20.1 Å². The Morgan fingerprint density at radius 3 is 2.74 bits per heavy atom. The van der Waals surface area contributed by atoms with Crippen LogP contribution in [0.4, 0.5) is 5.69 Å². The summed E-state index contributed by atoms with van der Waals surface area (Å²) in [6.07, 6.45) is 1.96. The third kappa shape index (κ3) is 4.01. The van der Waals surface area contributed by atoms with Gasteiger partial charge in [-0.15, -0.1) is 11.8 Å². The molecule has 0 aromatic heterocycles. The largest absolute Gasteiger partial charge is 0.466 e. The molecule has 9 heteroatoms. The van der Waals surface area contributed by atoms with Crippen LogP contribution in [-0.4, -0.2) is 63.1 Å². The van der Waals surface area contributed by atoms with Crippen molar-refractivity contribution < 1.29 is 24.2 Å². The molecule has 3 heterocycles. The zero-order valence-electron chi connectivity index (χ0n) is 20.0. The highest BCUT2D eigenvalue weighted by Gasteiger charge is 2.74. The molecule has 3 fully saturated rings. The Morgan fingerprint density at radius 1 is 1.38 bits per heavy atom. The van der Waals surface area contributed by atoms with Crippen LogP contribution in [0.3, 0.4) is 0 Å². The van der Waals surface area contributed by atoms with Crippen LogP contribution in [0.25, 0.3) is 0 Å². The summed E-state index contributed by atoms with van der Waals surface area (Å²) in [6, 6.07) is 4.06. The van der Waals surface area contributed by atoms with E-state index >= 15 is 0 Å². The molecule has 2 unspecified atom stereocenters. The molecule has 0 radical (unpaired) electrons. The van der Waals surface area contributed by atoms with Gasteiger partial charge in [0.2, 0.25) is 11.8 Å². The first-order valence-corrected chi connectivity index (χ1v) is 13.3. The van der Waals surface area contributed by atoms with E-state index in [0.717, 1.165) is 12.0 Å². The van der Waals surface area contributed by atoms with Crippen molar-refractivity contribution in [1.82, 2.24) is 4.90 Å². The second kappa shape index (κ2) is 9.70. The number of anilines is 1. The van der Waals surface area contributed by atoms with Crippen molar-refractivity contribution in [2.45, 2.75) is 69.0 Å². The minimum Gasteiger partial charge on any atom is -0.466 e. The molecule has 3 aliphatic rings. The fraction of sp³-hybridized carbons (Fsp3) is 0.640. The van der Waals surface area contributed by atoms with Crippen molar-refractivity contribution in [3.63, 3.8) is 0 Å². The lowest BCUT2D eigenvalue weighted by atomic mass is 9.71. The van der Waals surface area contributed by atoms with Crippen molar-refractivity contribution in [3.05, 3.63) is 28.8 Å². The molecule has 34 heavy (non-hydrogen) atoms. The standard InChI is InChI=1S/C25H33ClN2O5S/c1-5-33-24(32)18-17-9-10-25(34-17)19(18)23(31)28(15(12-29)11-13(2)3)21(25)22(30)27-20-14(4)7-6-8-16(20)26/h6-8,13,15,17-19,21,29H,5,9-12H2,1-4H3,(H,27,30)/t15-,17-,18+,19+,21?,25?/m1/s1. The lowest BCUT2D eigenvalue weighted by Gasteiger charge is -2.37. The van der Waals surface area contributed by atoms with Gasteiger partial charge in [0.25, 0.3) is 0 Å². The number of carbonyl (C=O) groups excluding carboxylic acids is 3. The van der Waals surface area contributed by atoms with Crippen molar-refractivity contribution >= 4 is 46.8 Å². The van der Waals surface area contributed by atoms with E-state index < -0.39 is 28.7 Å². The number of para-hydroxylation sites is 1. The highest BCUT2D eigenvalue weighted by atomic mass is 35.5. The predicted molar refractivity (Wildman–Crippen MR) is 133 cm³/mol. The molecule has 1 aromatic rings. The lowest BCUT2D eigenvalue weighted by Crippen LogP contribution is -2.55. The predicted octanol–water partition coefficient (Wildman–Crippen LogP) is 3.65. The number of benzene rings is 1. The van der Waals surface area contributed by atoms with Gasteiger partial charge in [-0.25, -0.2) is 0 Å². The Balaban J connectivity index is 1.77. The summed E-state index contributed by atoms with van der Waals surface area (Å²) in [4.78, 5) is 42.4. The van der Waals surface area contributed by atoms with E-state index in [-0.39, 0.29) is 42.2 Å². The van der Waals surface area contributed by atoms with Gasteiger partial charge in [0.15, 0.2) is 0 Å². The number of rotatable bonds is 8. The van der Waals surface area contributed by atoms with Crippen LogP contribution in [0.2, 0.25) is 5.02 Å². The lowest BCUT2D eigenvalue weighted by molar-refractivity contribution is -0.154. The molecular formula is C25H33ClN2O5S. The fourth-order valence-electron chi connectivity index (χ4n) is 6.09. The van der Waals surface area contributed by atoms with Gasteiger partial charge in [0.1, 0.15) is 6.04 Å². The molecule has 1 spiro atoms. The van der Waals surface area contributed by atoms with Gasteiger partial charge in [-0.2, -0.15) is 0 Å². The summed E-state index contributed by atoms with van der Waals surface area (Å²) in [7, 11) is 0. The van der Waals surface area contributed by atoms with Crippen molar-refractivity contribution in [3.8, 4) is 0 Å². The molecule has 1 aromatic carbocycles. The number of fused-ring (bicyclic) bond motifs is 1. The number of thioether (sulfide) groups is 1. The van der Waals surface area contributed by atoms with Crippen molar-refractivity contribution in [1.29, 1.82) is 0 Å². The summed E-state index contributed by atoms with van der Waals surface area (Å²) in [5.41, 5.74) is 1.34. The van der Waals surface area contributed by atoms with Crippen molar-refractivity contribution in [2.75, 3.05) is 18.5 Å². The number of hydrogen-bond acceptors (Lipinski definition) is 6. The molecule has 0 aliphatic carbocycles. The minimum absolute atomic E-state index is 0.0508. The Morgan fingerprint density at radius 2 is 2.12 bits per heavy atom. The topological polar surface area (TPSA) is 95.9 Å². The molecule has 3 saturated heterocycles. The van der Waals surface area contributed by atoms with Gasteiger partial charge in [-0.3, -0.25) is 14.4 Å². The Bertz CT molecular complexity index is 968. The summed E-state index contributed by atoms with van der Waals surface area (Å²) in [6.45, 7) is 7.65. The molecular weight excluding hydrogens is 476 g/mol. The maximum Gasteiger partial charge on any atom is 0.310 e. The minimum atomic E-state index is -0.814. The molecule has 186 valence electrons. The molecule has 2 bridgehead atoms. The number of amides is 2. The smallest absolute Gasteiger partial charge is 0.310 e. The van der Waals surface area contributed by atoms with Crippen LogP contribution in [0, 0.1) is 24.7 Å². The van der Waals surface area contributed by atoms with Gasteiger partial charge in [0.05, 0.1) is 46.5 Å². The molecule has 2 N–H and O–H groups in total.